The second-order valence-electron chi connectivity index (χ2n) is 4.19. The lowest BCUT2D eigenvalue weighted by atomic mass is 10.3. The van der Waals surface area contributed by atoms with Gasteiger partial charge in [0.05, 0.1) is 0 Å². The fourth-order valence-corrected chi connectivity index (χ4v) is 1.54. The number of amides is 1. The van der Waals surface area contributed by atoms with E-state index in [9.17, 15) is 9.59 Å². The van der Waals surface area contributed by atoms with Crippen molar-refractivity contribution in [2.75, 3.05) is 11.1 Å². The van der Waals surface area contributed by atoms with Crippen molar-refractivity contribution in [1.29, 1.82) is 0 Å². The number of nitrogens with two attached hydrogens (primary N) is 1. The van der Waals surface area contributed by atoms with E-state index in [-0.39, 0.29) is 11.5 Å². The molecule has 0 aliphatic heterocycles. The zero-order valence-corrected chi connectivity index (χ0v) is 11.3. The van der Waals surface area contributed by atoms with E-state index in [0.717, 1.165) is 0 Å². The normalized spacial score (nSPS) is 11.5. The van der Waals surface area contributed by atoms with Crippen LogP contribution in [0.2, 0.25) is 0 Å². The van der Waals surface area contributed by atoms with E-state index in [2.05, 4.69) is 15.3 Å². The maximum atomic E-state index is 11.9. The highest BCUT2D eigenvalue weighted by Gasteiger charge is 2.21. The van der Waals surface area contributed by atoms with Crippen LogP contribution in [0.3, 0.4) is 0 Å². The zero-order valence-electron chi connectivity index (χ0n) is 11.3. The van der Waals surface area contributed by atoms with Crippen LogP contribution in [0.5, 0.6) is 0 Å². The SMILES string of the molecule is C[C@@H](OC(=O)c1nccnc1N)C(=O)Nc1ccccc1. The molecule has 0 saturated carbocycles. The van der Waals surface area contributed by atoms with Crippen molar-refractivity contribution in [3.8, 4) is 0 Å². The Labute approximate surface area is 121 Å². The smallest absolute Gasteiger partial charge is 0.361 e. The fourth-order valence-electron chi connectivity index (χ4n) is 1.54. The number of hydrogen-bond donors (Lipinski definition) is 2. The molecule has 0 spiro atoms. The first-order valence-electron chi connectivity index (χ1n) is 6.21. The number of nitrogens with one attached hydrogen (secondary N) is 1. The molecule has 21 heavy (non-hydrogen) atoms. The summed E-state index contributed by atoms with van der Waals surface area (Å²) in [5.74, 6) is -1.29. The van der Waals surface area contributed by atoms with Gasteiger partial charge >= 0.3 is 5.97 Å². The topological polar surface area (TPSA) is 107 Å². The number of anilines is 2. The molecule has 0 saturated heterocycles. The zero-order chi connectivity index (χ0) is 15.2. The van der Waals surface area contributed by atoms with E-state index in [4.69, 9.17) is 10.5 Å². The number of aromatic nitrogens is 2. The summed E-state index contributed by atoms with van der Waals surface area (Å²) in [7, 11) is 0. The van der Waals surface area contributed by atoms with Gasteiger partial charge in [-0.25, -0.2) is 14.8 Å². The molecule has 1 aromatic heterocycles. The van der Waals surface area contributed by atoms with Crippen LogP contribution < -0.4 is 11.1 Å². The lowest BCUT2D eigenvalue weighted by Crippen LogP contribution is -2.30. The highest BCUT2D eigenvalue weighted by Crippen LogP contribution is 2.09. The van der Waals surface area contributed by atoms with Crippen LogP contribution >= 0.6 is 0 Å². The second kappa shape index (κ2) is 6.47. The van der Waals surface area contributed by atoms with Gasteiger partial charge in [0.15, 0.2) is 17.6 Å². The van der Waals surface area contributed by atoms with Gasteiger partial charge < -0.3 is 15.8 Å². The molecule has 108 valence electrons. The summed E-state index contributed by atoms with van der Waals surface area (Å²) in [4.78, 5) is 31.3. The summed E-state index contributed by atoms with van der Waals surface area (Å²) in [6.45, 7) is 1.46. The maximum absolute atomic E-state index is 11.9. The minimum absolute atomic E-state index is 0.0434. The minimum atomic E-state index is -0.987. The summed E-state index contributed by atoms with van der Waals surface area (Å²) < 4.78 is 5.02. The number of hydrogen-bond acceptors (Lipinski definition) is 6. The molecule has 2 aromatic rings. The molecule has 0 unspecified atom stereocenters. The van der Waals surface area contributed by atoms with E-state index in [1.807, 2.05) is 6.07 Å². The molecule has 1 heterocycles. The number of rotatable bonds is 4. The Morgan fingerprint density at radius 1 is 1.19 bits per heavy atom. The molecule has 7 heteroatoms. The number of carbonyl (C=O) groups excluding carboxylic acids is 2. The molecule has 2 rings (SSSR count). The van der Waals surface area contributed by atoms with Crippen molar-refractivity contribution in [3.05, 3.63) is 48.4 Å². The fraction of sp³-hybridized carbons (Fsp3) is 0.143. The standard InChI is InChI=1S/C14H14N4O3/c1-9(13(19)18-10-5-3-2-4-6-10)21-14(20)11-12(15)17-8-7-16-11/h2-9H,1H3,(H2,15,17)(H,18,19)/t9-/m1/s1. The number of benzene rings is 1. The summed E-state index contributed by atoms with van der Waals surface area (Å²) in [6.07, 6.45) is 1.69. The maximum Gasteiger partial charge on any atom is 0.361 e. The number of carbonyl (C=O) groups is 2. The average Bonchev–Trinajstić information content (AvgIpc) is 2.48. The van der Waals surface area contributed by atoms with Gasteiger partial charge in [0.1, 0.15) is 0 Å². The molecular formula is C14H14N4O3. The van der Waals surface area contributed by atoms with Gasteiger partial charge in [-0.2, -0.15) is 0 Å². The van der Waals surface area contributed by atoms with E-state index in [1.54, 1.807) is 24.3 Å². The monoisotopic (exact) mass is 286 g/mol. The Balaban J connectivity index is 1.98. The van der Waals surface area contributed by atoms with Crippen LogP contribution in [0.15, 0.2) is 42.7 Å². The minimum Gasteiger partial charge on any atom is -0.448 e. The molecule has 0 radical (unpaired) electrons. The second-order valence-corrected chi connectivity index (χ2v) is 4.19. The van der Waals surface area contributed by atoms with Crippen LogP contribution in [-0.2, 0) is 9.53 Å². The van der Waals surface area contributed by atoms with Crippen LogP contribution in [0.1, 0.15) is 17.4 Å². The predicted octanol–water partition coefficient (Wildman–Crippen LogP) is 1.24. The number of ether oxygens (including phenoxy) is 1. The van der Waals surface area contributed by atoms with E-state index >= 15 is 0 Å². The number of nitrogens with zero attached hydrogens (tertiary/aromatic N) is 2. The largest absolute Gasteiger partial charge is 0.448 e. The Morgan fingerprint density at radius 2 is 1.86 bits per heavy atom. The highest BCUT2D eigenvalue weighted by molar-refractivity contribution is 5.97. The first-order valence-corrected chi connectivity index (χ1v) is 6.21. The summed E-state index contributed by atoms with van der Waals surface area (Å²) in [5, 5.41) is 2.63. The molecule has 1 atom stereocenters. The third-order valence-corrected chi connectivity index (χ3v) is 2.61. The third kappa shape index (κ3) is 3.75. The van der Waals surface area contributed by atoms with Crippen LogP contribution in [-0.4, -0.2) is 27.9 Å². The first kappa shape index (κ1) is 14.4. The lowest BCUT2D eigenvalue weighted by Gasteiger charge is -2.13. The summed E-state index contributed by atoms with van der Waals surface area (Å²) in [5.41, 5.74) is 6.02. The molecule has 1 amide bonds. The van der Waals surface area contributed by atoms with Gasteiger partial charge in [-0.1, -0.05) is 18.2 Å². The lowest BCUT2D eigenvalue weighted by molar-refractivity contribution is -0.123. The van der Waals surface area contributed by atoms with Crippen molar-refractivity contribution in [3.63, 3.8) is 0 Å². The van der Waals surface area contributed by atoms with Crippen molar-refractivity contribution < 1.29 is 14.3 Å². The number of nitrogen functional groups attached to an aromatic ring is 1. The van der Waals surface area contributed by atoms with Crippen LogP contribution in [0.4, 0.5) is 11.5 Å². The van der Waals surface area contributed by atoms with E-state index in [0.29, 0.717) is 5.69 Å². The van der Waals surface area contributed by atoms with Crippen LogP contribution in [0, 0.1) is 0 Å². The third-order valence-electron chi connectivity index (χ3n) is 2.61. The predicted molar refractivity (Wildman–Crippen MR) is 76.4 cm³/mol. The summed E-state index contributed by atoms with van der Waals surface area (Å²) >= 11 is 0. The number of para-hydroxylation sites is 1. The number of esters is 1. The molecule has 3 N–H and O–H groups in total. The van der Waals surface area contributed by atoms with E-state index < -0.39 is 18.0 Å². The van der Waals surface area contributed by atoms with Gasteiger partial charge in [-0.3, -0.25) is 4.79 Å². The first-order chi connectivity index (χ1) is 10.1. The van der Waals surface area contributed by atoms with Crippen molar-refractivity contribution in [2.24, 2.45) is 0 Å². The van der Waals surface area contributed by atoms with E-state index in [1.165, 1.54) is 19.3 Å². The molecule has 1 aromatic carbocycles. The van der Waals surface area contributed by atoms with Gasteiger partial charge in [0.2, 0.25) is 0 Å². The molecule has 0 aliphatic rings. The Kier molecular flexibility index (Phi) is 4.45. The Morgan fingerprint density at radius 3 is 2.52 bits per heavy atom. The molecular weight excluding hydrogens is 272 g/mol. The highest BCUT2D eigenvalue weighted by atomic mass is 16.5. The molecule has 7 nitrogen and oxygen atoms in total. The van der Waals surface area contributed by atoms with Crippen molar-refractivity contribution >= 4 is 23.4 Å². The molecule has 0 bridgehead atoms. The molecule has 0 fully saturated rings. The Hall–Kier alpha value is -2.96. The quantitative estimate of drug-likeness (QED) is 0.819. The molecule has 0 aliphatic carbocycles. The Bertz CT molecular complexity index is 646. The summed E-state index contributed by atoms with van der Waals surface area (Å²) in [6, 6.07) is 8.86. The van der Waals surface area contributed by atoms with Gasteiger partial charge in [-0.05, 0) is 19.1 Å². The van der Waals surface area contributed by atoms with Gasteiger partial charge in [0.25, 0.3) is 5.91 Å². The van der Waals surface area contributed by atoms with Gasteiger partial charge in [-0.15, -0.1) is 0 Å². The van der Waals surface area contributed by atoms with Crippen molar-refractivity contribution in [2.45, 2.75) is 13.0 Å². The van der Waals surface area contributed by atoms with Crippen LogP contribution in [0.25, 0.3) is 0 Å². The van der Waals surface area contributed by atoms with Crippen molar-refractivity contribution in [1.82, 2.24) is 9.97 Å². The van der Waals surface area contributed by atoms with Gasteiger partial charge in [0, 0.05) is 18.1 Å². The average molecular weight is 286 g/mol.